The molecule has 1 aromatic carbocycles. The van der Waals surface area contributed by atoms with Crippen LogP contribution in [0.5, 0.6) is 17.2 Å². The van der Waals surface area contributed by atoms with E-state index in [0.29, 0.717) is 37.6 Å². The van der Waals surface area contributed by atoms with E-state index in [0.717, 1.165) is 18.3 Å². The highest BCUT2D eigenvalue weighted by atomic mass is 16.5. The van der Waals surface area contributed by atoms with Gasteiger partial charge in [-0.2, -0.15) is 0 Å². The Kier molecular flexibility index (Phi) is 3.29. The number of hydrogen-bond donors (Lipinski definition) is 1. The largest absolute Gasteiger partial charge is 0.508 e. The second-order valence-electron chi connectivity index (χ2n) is 3.68. The predicted octanol–water partition coefficient (Wildman–Crippen LogP) is 1.68. The zero-order valence-corrected chi connectivity index (χ0v) is 8.94. The first-order valence-corrected chi connectivity index (χ1v) is 5.36. The number of ether oxygens (including phenoxy) is 2. The van der Waals surface area contributed by atoms with Crippen molar-refractivity contribution in [2.24, 2.45) is 0 Å². The molecular weight excluding hydrogens is 208 g/mol. The number of aryl methyl sites for hydroxylation is 1. The maximum absolute atomic E-state index is 10.3. The van der Waals surface area contributed by atoms with E-state index in [-0.39, 0.29) is 5.75 Å². The summed E-state index contributed by atoms with van der Waals surface area (Å²) in [5.41, 5.74) is 0.719. The Labute approximate surface area is 93.8 Å². The smallest absolute Gasteiger partial charge is 0.164 e. The van der Waals surface area contributed by atoms with E-state index < -0.39 is 0 Å². The van der Waals surface area contributed by atoms with E-state index in [1.54, 1.807) is 12.1 Å². The predicted molar refractivity (Wildman–Crippen MR) is 58.1 cm³/mol. The SMILES string of the molecule is O=CCCc1cc2c(cc1O)OCCCO2. The van der Waals surface area contributed by atoms with Gasteiger partial charge in [0.2, 0.25) is 0 Å². The molecule has 0 bridgehead atoms. The maximum Gasteiger partial charge on any atom is 0.164 e. The number of fused-ring (bicyclic) bond motifs is 1. The molecule has 0 atom stereocenters. The number of aromatic hydroxyl groups is 1. The number of carbonyl (C=O) groups excluding carboxylic acids is 1. The second kappa shape index (κ2) is 4.88. The Morgan fingerprint density at radius 1 is 1.25 bits per heavy atom. The van der Waals surface area contributed by atoms with Gasteiger partial charge in [-0.25, -0.2) is 0 Å². The van der Waals surface area contributed by atoms with Gasteiger partial charge in [0.1, 0.15) is 12.0 Å². The third kappa shape index (κ3) is 2.27. The van der Waals surface area contributed by atoms with E-state index in [9.17, 15) is 9.90 Å². The van der Waals surface area contributed by atoms with Crippen molar-refractivity contribution < 1.29 is 19.4 Å². The van der Waals surface area contributed by atoms with Crippen LogP contribution in [-0.4, -0.2) is 24.6 Å². The quantitative estimate of drug-likeness (QED) is 0.790. The summed E-state index contributed by atoms with van der Waals surface area (Å²) in [5.74, 6) is 1.38. The molecule has 0 saturated carbocycles. The van der Waals surface area contributed by atoms with Crippen molar-refractivity contribution in [2.45, 2.75) is 19.3 Å². The van der Waals surface area contributed by atoms with Crippen LogP contribution in [0.15, 0.2) is 12.1 Å². The number of rotatable bonds is 3. The minimum absolute atomic E-state index is 0.158. The fourth-order valence-electron chi connectivity index (χ4n) is 1.65. The van der Waals surface area contributed by atoms with Gasteiger partial charge in [-0.15, -0.1) is 0 Å². The first-order valence-electron chi connectivity index (χ1n) is 5.36. The average Bonchev–Trinajstić information content (AvgIpc) is 2.50. The summed E-state index contributed by atoms with van der Waals surface area (Å²) in [6.45, 7) is 1.21. The van der Waals surface area contributed by atoms with Crippen LogP contribution in [0.25, 0.3) is 0 Å². The first kappa shape index (κ1) is 10.8. The Hall–Kier alpha value is -1.71. The summed E-state index contributed by atoms with van der Waals surface area (Å²) < 4.78 is 10.9. The van der Waals surface area contributed by atoms with Gasteiger partial charge >= 0.3 is 0 Å². The number of phenols is 1. The number of hydrogen-bond acceptors (Lipinski definition) is 4. The van der Waals surface area contributed by atoms with Crippen LogP contribution in [0.1, 0.15) is 18.4 Å². The molecule has 0 amide bonds. The summed E-state index contributed by atoms with van der Waals surface area (Å²) in [7, 11) is 0. The molecule has 1 aromatic rings. The van der Waals surface area contributed by atoms with Gasteiger partial charge in [0.25, 0.3) is 0 Å². The molecule has 1 N–H and O–H groups in total. The standard InChI is InChI=1S/C12H14O4/c13-4-1-3-9-7-11-12(8-10(9)14)16-6-2-5-15-11/h4,7-8,14H,1-3,5-6H2. The fourth-order valence-corrected chi connectivity index (χ4v) is 1.65. The Morgan fingerprint density at radius 2 is 1.94 bits per heavy atom. The normalized spacial score (nSPS) is 14.2. The van der Waals surface area contributed by atoms with E-state index in [2.05, 4.69) is 0 Å². The zero-order chi connectivity index (χ0) is 11.4. The molecule has 0 aliphatic carbocycles. The van der Waals surface area contributed by atoms with E-state index in [4.69, 9.17) is 9.47 Å². The lowest BCUT2D eigenvalue weighted by atomic mass is 10.1. The molecule has 86 valence electrons. The van der Waals surface area contributed by atoms with Crippen molar-refractivity contribution >= 4 is 6.29 Å². The Morgan fingerprint density at radius 3 is 2.62 bits per heavy atom. The molecule has 0 fully saturated rings. The van der Waals surface area contributed by atoms with Crippen LogP contribution in [0.4, 0.5) is 0 Å². The molecule has 1 aliphatic rings. The van der Waals surface area contributed by atoms with Gasteiger partial charge in [-0.05, 0) is 18.1 Å². The maximum atomic E-state index is 10.3. The van der Waals surface area contributed by atoms with Gasteiger partial charge in [-0.1, -0.05) is 0 Å². The number of carbonyl (C=O) groups is 1. The van der Waals surface area contributed by atoms with Gasteiger partial charge < -0.3 is 19.4 Å². The van der Waals surface area contributed by atoms with Crippen LogP contribution >= 0.6 is 0 Å². The highest BCUT2D eigenvalue weighted by Crippen LogP contribution is 2.36. The van der Waals surface area contributed by atoms with Crippen molar-refractivity contribution in [1.82, 2.24) is 0 Å². The van der Waals surface area contributed by atoms with Crippen molar-refractivity contribution in [3.05, 3.63) is 17.7 Å². The Bertz CT molecular complexity index is 387. The lowest BCUT2D eigenvalue weighted by Crippen LogP contribution is -1.97. The first-order chi connectivity index (χ1) is 7.81. The highest BCUT2D eigenvalue weighted by Gasteiger charge is 2.14. The van der Waals surface area contributed by atoms with E-state index in [1.165, 1.54) is 0 Å². The van der Waals surface area contributed by atoms with Crippen molar-refractivity contribution in [1.29, 1.82) is 0 Å². The minimum Gasteiger partial charge on any atom is -0.508 e. The summed E-state index contributed by atoms with van der Waals surface area (Å²) in [6, 6.07) is 3.31. The Balaban J connectivity index is 2.27. The monoisotopic (exact) mass is 222 g/mol. The van der Waals surface area contributed by atoms with Crippen molar-refractivity contribution in [3.63, 3.8) is 0 Å². The topological polar surface area (TPSA) is 55.8 Å². The molecular formula is C12H14O4. The number of aldehydes is 1. The van der Waals surface area contributed by atoms with Crippen LogP contribution in [-0.2, 0) is 11.2 Å². The molecule has 0 unspecified atom stereocenters. The summed E-state index contributed by atoms with van der Waals surface area (Å²) in [6.07, 6.45) is 2.58. The summed E-state index contributed by atoms with van der Waals surface area (Å²) >= 11 is 0. The third-order valence-corrected chi connectivity index (χ3v) is 2.48. The molecule has 1 aliphatic heterocycles. The van der Waals surface area contributed by atoms with Gasteiger partial charge in [0.05, 0.1) is 13.2 Å². The van der Waals surface area contributed by atoms with Crippen LogP contribution in [0, 0.1) is 0 Å². The lowest BCUT2D eigenvalue weighted by molar-refractivity contribution is -0.107. The zero-order valence-electron chi connectivity index (χ0n) is 8.94. The summed E-state index contributed by atoms with van der Waals surface area (Å²) in [5, 5.41) is 9.73. The lowest BCUT2D eigenvalue weighted by Gasteiger charge is -2.10. The van der Waals surface area contributed by atoms with Crippen LogP contribution < -0.4 is 9.47 Å². The van der Waals surface area contributed by atoms with Crippen molar-refractivity contribution in [2.75, 3.05) is 13.2 Å². The van der Waals surface area contributed by atoms with Gasteiger partial charge in [0.15, 0.2) is 11.5 Å². The second-order valence-corrected chi connectivity index (χ2v) is 3.68. The molecule has 2 rings (SSSR count). The molecule has 4 nitrogen and oxygen atoms in total. The molecule has 0 radical (unpaired) electrons. The van der Waals surface area contributed by atoms with Crippen LogP contribution in [0.2, 0.25) is 0 Å². The molecule has 0 spiro atoms. The molecule has 1 heterocycles. The molecule has 16 heavy (non-hydrogen) atoms. The number of benzene rings is 1. The third-order valence-electron chi connectivity index (χ3n) is 2.48. The van der Waals surface area contributed by atoms with Crippen LogP contribution in [0.3, 0.4) is 0 Å². The van der Waals surface area contributed by atoms with Gasteiger partial charge in [0, 0.05) is 18.9 Å². The van der Waals surface area contributed by atoms with Crippen molar-refractivity contribution in [3.8, 4) is 17.2 Å². The molecule has 0 saturated heterocycles. The molecule has 4 heteroatoms. The molecule has 0 aromatic heterocycles. The number of phenolic OH excluding ortho intramolecular Hbond substituents is 1. The van der Waals surface area contributed by atoms with E-state index in [1.807, 2.05) is 0 Å². The average molecular weight is 222 g/mol. The fraction of sp³-hybridized carbons (Fsp3) is 0.417. The minimum atomic E-state index is 0.158. The highest BCUT2D eigenvalue weighted by molar-refractivity contribution is 5.54. The van der Waals surface area contributed by atoms with Gasteiger partial charge in [-0.3, -0.25) is 0 Å². The van der Waals surface area contributed by atoms with E-state index >= 15 is 0 Å². The summed E-state index contributed by atoms with van der Waals surface area (Å²) in [4.78, 5) is 10.3.